The molecule has 2 N–H and O–H groups in total. The van der Waals surface area contributed by atoms with Crippen molar-refractivity contribution in [1.29, 1.82) is 0 Å². The topological polar surface area (TPSA) is 80.3 Å². The number of benzene rings is 1. The first-order valence-electron chi connectivity index (χ1n) is 8.33. The van der Waals surface area contributed by atoms with Gasteiger partial charge in [0.05, 0.1) is 7.11 Å². The maximum Gasteiger partial charge on any atom is 0.252 e. The number of rotatable bonds is 5. The van der Waals surface area contributed by atoms with Gasteiger partial charge in [-0.25, -0.2) is 0 Å². The zero-order valence-corrected chi connectivity index (χ0v) is 14.1. The Labute approximate surface area is 146 Å². The van der Waals surface area contributed by atoms with Crippen molar-refractivity contribution in [3.8, 4) is 5.75 Å². The quantitative estimate of drug-likeness (QED) is 0.869. The van der Waals surface area contributed by atoms with Gasteiger partial charge in [-0.15, -0.1) is 0 Å². The fourth-order valence-electron chi connectivity index (χ4n) is 2.91. The summed E-state index contributed by atoms with van der Waals surface area (Å²) in [5, 5.41) is 5.56. The normalized spacial score (nSPS) is 16.8. The standard InChI is InChI=1S/C19H21N3O3/c1-25-17-7-3-2-5-13(17)11-15-12-14(8-10-20-15)18(23)22-16-6-4-9-21-19(16)24/h2-3,5,7-8,10,12,16H,4,6,9,11H2,1H3,(H,21,24)(H,22,23)/t16-/m0/s1. The third-order valence-corrected chi connectivity index (χ3v) is 4.23. The fourth-order valence-corrected chi connectivity index (χ4v) is 2.91. The minimum atomic E-state index is -0.466. The molecular weight excluding hydrogens is 318 g/mol. The van der Waals surface area contributed by atoms with Crippen LogP contribution in [0.1, 0.15) is 34.5 Å². The van der Waals surface area contributed by atoms with Crippen molar-refractivity contribution in [3.63, 3.8) is 0 Å². The number of pyridine rings is 1. The highest BCUT2D eigenvalue weighted by atomic mass is 16.5. The van der Waals surface area contributed by atoms with Gasteiger partial charge in [-0.2, -0.15) is 0 Å². The number of methoxy groups -OCH3 is 1. The molecule has 1 aromatic heterocycles. The van der Waals surface area contributed by atoms with E-state index in [9.17, 15) is 9.59 Å². The van der Waals surface area contributed by atoms with Crippen LogP contribution >= 0.6 is 0 Å². The van der Waals surface area contributed by atoms with Crippen LogP contribution in [0.25, 0.3) is 0 Å². The Hall–Kier alpha value is -2.89. The molecule has 1 atom stereocenters. The number of amides is 2. The highest BCUT2D eigenvalue weighted by Crippen LogP contribution is 2.20. The first-order valence-corrected chi connectivity index (χ1v) is 8.33. The zero-order chi connectivity index (χ0) is 17.6. The third-order valence-electron chi connectivity index (χ3n) is 4.23. The van der Waals surface area contributed by atoms with Crippen LogP contribution in [-0.4, -0.2) is 36.5 Å². The van der Waals surface area contributed by atoms with Crippen molar-refractivity contribution in [2.24, 2.45) is 0 Å². The number of hydrogen-bond acceptors (Lipinski definition) is 4. The lowest BCUT2D eigenvalue weighted by Gasteiger charge is -2.22. The van der Waals surface area contributed by atoms with Crippen LogP contribution in [-0.2, 0) is 11.2 Å². The molecule has 1 aliphatic heterocycles. The minimum absolute atomic E-state index is 0.122. The van der Waals surface area contributed by atoms with Gasteiger partial charge in [-0.05, 0) is 31.0 Å². The summed E-state index contributed by atoms with van der Waals surface area (Å²) in [5.74, 6) is 0.409. The predicted octanol–water partition coefficient (Wildman–Crippen LogP) is 1.69. The minimum Gasteiger partial charge on any atom is -0.496 e. The van der Waals surface area contributed by atoms with Gasteiger partial charge < -0.3 is 15.4 Å². The Morgan fingerprint density at radius 3 is 3.00 bits per heavy atom. The molecule has 2 heterocycles. The van der Waals surface area contributed by atoms with Crippen LogP contribution in [0.2, 0.25) is 0 Å². The molecule has 25 heavy (non-hydrogen) atoms. The van der Waals surface area contributed by atoms with E-state index in [4.69, 9.17) is 4.74 Å². The summed E-state index contributed by atoms with van der Waals surface area (Å²) in [6.45, 7) is 0.670. The number of nitrogens with one attached hydrogen (secondary N) is 2. The summed E-state index contributed by atoms with van der Waals surface area (Å²) < 4.78 is 5.36. The van der Waals surface area contributed by atoms with E-state index in [1.807, 2.05) is 24.3 Å². The van der Waals surface area contributed by atoms with E-state index < -0.39 is 6.04 Å². The maximum absolute atomic E-state index is 12.4. The summed E-state index contributed by atoms with van der Waals surface area (Å²) in [7, 11) is 1.63. The number of aromatic nitrogens is 1. The number of ether oxygens (including phenoxy) is 1. The van der Waals surface area contributed by atoms with Crippen LogP contribution < -0.4 is 15.4 Å². The first kappa shape index (κ1) is 17.0. The lowest BCUT2D eigenvalue weighted by Crippen LogP contribution is -2.50. The van der Waals surface area contributed by atoms with E-state index in [0.29, 0.717) is 24.9 Å². The van der Waals surface area contributed by atoms with E-state index in [0.717, 1.165) is 23.4 Å². The lowest BCUT2D eigenvalue weighted by molar-refractivity contribution is -0.124. The molecule has 2 amide bonds. The van der Waals surface area contributed by atoms with Crippen molar-refractivity contribution in [2.75, 3.05) is 13.7 Å². The first-order chi connectivity index (χ1) is 12.2. The molecule has 130 valence electrons. The second kappa shape index (κ2) is 7.79. The summed E-state index contributed by atoms with van der Waals surface area (Å²) in [6.07, 6.45) is 3.71. The molecule has 0 saturated carbocycles. The lowest BCUT2D eigenvalue weighted by atomic mass is 10.0. The average Bonchev–Trinajstić information content (AvgIpc) is 2.64. The number of carbonyl (C=O) groups excluding carboxylic acids is 2. The van der Waals surface area contributed by atoms with Gasteiger partial charge in [0.25, 0.3) is 5.91 Å². The smallest absolute Gasteiger partial charge is 0.252 e. The molecule has 2 aromatic rings. The molecule has 3 rings (SSSR count). The van der Waals surface area contributed by atoms with Crippen molar-refractivity contribution in [2.45, 2.75) is 25.3 Å². The molecule has 6 heteroatoms. The van der Waals surface area contributed by atoms with Crippen LogP contribution in [0.5, 0.6) is 5.75 Å². The van der Waals surface area contributed by atoms with Gasteiger partial charge in [0.2, 0.25) is 5.91 Å². The van der Waals surface area contributed by atoms with Crippen LogP contribution in [0.3, 0.4) is 0 Å². The van der Waals surface area contributed by atoms with Crippen LogP contribution in [0, 0.1) is 0 Å². The summed E-state index contributed by atoms with van der Waals surface area (Å²) in [5.41, 5.74) is 2.27. The average molecular weight is 339 g/mol. The van der Waals surface area contributed by atoms with Crippen molar-refractivity contribution >= 4 is 11.8 Å². The van der Waals surface area contributed by atoms with Gasteiger partial charge in [0, 0.05) is 36.0 Å². The molecule has 1 saturated heterocycles. The number of piperidine rings is 1. The third kappa shape index (κ3) is 4.15. The van der Waals surface area contributed by atoms with E-state index >= 15 is 0 Å². The van der Waals surface area contributed by atoms with Gasteiger partial charge >= 0.3 is 0 Å². The Bertz CT molecular complexity index is 776. The molecular formula is C19H21N3O3. The Balaban J connectivity index is 1.72. The second-order valence-electron chi connectivity index (χ2n) is 5.98. The molecule has 1 aliphatic rings. The summed E-state index contributed by atoms with van der Waals surface area (Å²) >= 11 is 0. The highest BCUT2D eigenvalue weighted by Gasteiger charge is 2.24. The molecule has 1 fully saturated rings. The van der Waals surface area contributed by atoms with E-state index in [1.54, 1.807) is 25.4 Å². The van der Waals surface area contributed by atoms with E-state index in [1.165, 1.54) is 0 Å². The SMILES string of the molecule is COc1ccccc1Cc1cc(C(=O)N[C@H]2CCCNC2=O)ccn1. The van der Waals surface area contributed by atoms with Crippen LogP contribution in [0.4, 0.5) is 0 Å². The Morgan fingerprint density at radius 1 is 1.36 bits per heavy atom. The monoisotopic (exact) mass is 339 g/mol. The molecule has 1 aromatic carbocycles. The molecule has 6 nitrogen and oxygen atoms in total. The van der Waals surface area contributed by atoms with Crippen LogP contribution in [0.15, 0.2) is 42.6 Å². The highest BCUT2D eigenvalue weighted by molar-refractivity contribution is 5.97. The van der Waals surface area contributed by atoms with Gasteiger partial charge in [0.15, 0.2) is 0 Å². The maximum atomic E-state index is 12.4. The van der Waals surface area contributed by atoms with Crippen molar-refractivity contribution in [3.05, 3.63) is 59.4 Å². The van der Waals surface area contributed by atoms with E-state index in [-0.39, 0.29) is 11.8 Å². The molecule has 0 radical (unpaired) electrons. The molecule has 0 unspecified atom stereocenters. The Kier molecular flexibility index (Phi) is 5.28. The molecule has 0 aliphatic carbocycles. The predicted molar refractivity (Wildman–Crippen MR) is 93.5 cm³/mol. The van der Waals surface area contributed by atoms with E-state index in [2.05, 4.69) is 15.6 Å². The fraction of sp³-hybridized carbons (Fsp3) is 0.316. The second-order valence-corrected chi connectivity index (χ2v) is 5.98. The molecule has 0 spiro atoms. The van der Waals surface area contributed by atoms with Gasteiger partial charge in [-0.1, -0.05) is 18.2 Å². The summed E-state index contributed by atoms with van der Waals surface area (Å²) in [6, 6.07) is 10.7. The zero-order valence-electron chi connectivity index (χ0n) is 14.1. The number of hydrogen-bond donors (Lipinski definition) is 2. The largest absolute Gasteiger partial charge is 0.496 e. The number of nitrogens with zero attached hydrogens (tertiary/aromatic N) is 1. The van der Waals surface area contributed by atoms with Crippen molar-refractivity contribution in [1.82, 2.24) is 15.6 Å². The summed E-state index contributed by atoms with van der Waals surface area (Å²) in [4.78, 5) is 28.6. The van der Waals surface area contributed by atoms with Gasteiger partial charge in [0.1, 0.15) is 11.8 Å². The molecule has 0 bridgehead atoms. The number of para-hydroxylation sites is 1. The number of carbonyl (C=O) groups is 2. The van der Waals surface area contributed by atoms with Gasteiger partial charge in [-0.3, -0.25) is 14.6 Å². The Morgan fingerprint density at radius 2 is 2.20 bits per heavy atom. The van der Waals surface area contributed by atoms with Crippen molar-refractivity contribution < 1.29 is 14.3 Å².